The second-order valence-corrected chi connectivity index (χ2v) is 6.63. The fraction of sp³-hybridized carbons (Fsp3) is 0.300. The lowest BCUT2D eigenvalue weighted by molar-refractivity contribution is -0.124. The molecule has 0 saturated carbocycles. The summed E-state index contributed by atoms with van der Waals surface area (Å²) in [6.45, 7) is 1.93. The number of carbonyl (C=O) groups excluding carboxylic acids is 1. The molecule has 3 rings (SSSR count). The molecule has 4 N–H and O–H groups in total. The molecule has 8 heteroatoms. The first-order chi connectivity index (χ1) is 12.7. The van der Waals surface area contributed by atoms with Crippen LogP contribution in [0.2, 0.25) is 0 Å². The molecule has 1 aromatic heterocycles. The Kier molecular flexibility index (Phi) is 9.96. The highest BCUT2D eigenvalue weighted by molar-refractivity contribution is 5.90. The lowest BCUT2D eigenvalue weighted by Crippen LogP contribution is -2.53. The predicted octanol–water partition coefficient (Wildman–Crippen LogP) is 3.22. The number of rotatable bonds is 6. The van der Waals surface area contributed by atoms with Crippen molar-refractivity contribution in [2.45, 2.75) is 24.8 Å². The number of amides is 1. The van der Waals surface area contributed by atoms with Gasteiger partial charge in [0.25, 0.3) is 5.91 Å². The zero-order chi connectivity index (χ0) is 18.2. The van der Waals surface area contributed by atoms with E-state index in [1.807, 2.05) is 18.2 Å². The Bertz CT molecular complexity index is 749. The summed E-state index contributed by atoms with van der Waals surface area (Å²) in [6.07, 6.45) is 7.69. The molecular formula is C20H26Cl2N4O2. The fourth-order valence-corrected chi connectivity index (χ4v) is 3.31. The summed E-state index contributed by atoms with van der Waals surface area (Å²) in [4.78, 5) is 15.5. The molecule has 1 aliphatic heterocycles. The van der Waals surface area contributed by atoms with Gasteiger partial charge in [0.05, 0.1) is 5.54 Å². The van der Waals surface area contributed by atoms with Crippen LogP contribution in [0.15, 0.2) is 54.7 Å². The number of nitrogens with zero attached hydrogens (tertiary/aromatic N) is 1. The van der Waals surface area contributed by atoms with E-state index < -0.39 is 5.91 Å². The van der Waals surface area contributed by atoms with Crippen LogP contribution in [0.4, 0.5) is 5.82 Å². The molecule has 1 aliphatic rings. The van der Waals surface area contributed by atoms with Crippen LogP contribution in [-0.2, 0) is 11.2 Å². The number of nitrogens with one attached hydrogen (secondary N) is 3. The van der Waals surface area contributed by atoms with Gasteiger partial charge in [0.1, 0.15) is 5.82 Å². The molecule has 152 valence electrons. The molecule has 0 unspecified atom stereocenters. The Morgan fingerprint density at radius 2 is 2.00 bits per heavy atom. The van der Waals surface area contributed by atoms with Crippen LogP contribution in [-0.4, -0.2) is 34.7 Å². The van der Waals surface area contributed by atoms with Crippen molar-refractivity contribution in [3.63, 3.8) is 0 Å². The summed E-state index contributed by atoms with van der Waals surface area (Å²) >= 11 is 0. The van der Waals surface area contributed by atoms with Crippen molar-refractivity contribution >= 4 is 42.6 Å². The first kappa shape index (κ1) is 23.9. The zero-order valence-corrected chi connectivity index (χ0v) is 17.1. The first-order valence-electron chi connectivity index (χ1n) is 8.80. The maximum Gasteiger partial charge on any atom is 0.267 e. The summed E-state index contributed by atoms with van der Waals surface area (Å²) in [5.41, 5.74) is 3.59. The highest BCUT2D eigenvalue weighted by Crippen LogP contribution is 2.26. The SMILES string of the molecule is Cl.Cl.O=C(/C=C/c1ccc(N[C@@]2(Cc3ccccc3)CCCNC2)nc1)NO. The van der Waals surface area contributed by atoms with Gasteiger partial charge in [-0.05, 0) is 55.1 Å². The van der Waals surface area contributed by atoms with Crippen LogP contribution in [0.5, 0.6) is 0 Å². The van der Waals surface area contributed by atoms with Gasteiger partial charge in [-0.2, -0.15) is 0 Å². The standard InChI is InChI=1S/C20H24N4O2.2ClH/c25-19(24-26)10-8-17-7-9-18(22-14-17)23-20(11-4-12-21-15-20)13-16-5-2-1-3-6-16;;/h1-3,5-10,14,21,26H,4,11-13,15H2,(H,22,23)(H,24,25);2*1H/b10-8+;;/t20-;;/m1../s1. The number of aromatic nitrogens is 1. The molecule has 1 aromatic carbocycles. The Balaban J connectivity index is 0.00000196. The van der Waals surface area contributed by atoms with Gasteiger partial charge in [-0.1, -0.05) is 30.3 Å². The number of carbonyl (C=O) groups is 1. The highest BCUT2D eigenvalue weighted by atomic mass is 35.5. The maximum atomic E-state index is 11.0. The first-order valence-corrected chi connectivity index (χ1v) is 8.80. The van der Waals surface area contributed by atoms with Crippen molar-refractivity contribution in [1.82, 2.24) is 15.8 Å². The van der Waals surface area contributed by atoms with E-state index in [0.717, 1.165) is 43.7 Å². The van der Waals surface area contributed by atoms with Crippen LogP contribution in [0.3, 0.4) is 0 Å². The number of hydrogen-bond donors (Lipinski definition) is 4. The monoisotopic (exact) mass is 424 g/mol. The van der Waals surface area contributed by atoms with Crippen LogP contribution in [0.1, 0.15) is 24.0 Å². The molecule has 1 amide bonds. The van der Waals surface area contributed by atoms with Crippen LogP contribution < -0.4 is 16.1 Å². The normalized spacial score (nSPS) is 18.6. The highest BCUT2D eigenvalue weighted by Gasteiger charge is 2.32. The van der Waals surface area contributed by atoms with Crippen molar-refractivity contribution in [2.24, 2.45) is 0 Å². The van der Waals surface area contributed by atoms with E-state index >= 15 is 0 Å². The minimum atomic E-state index is -0.567. The Hall–Kier alpha value is -2.12. The molecule has 6 nitrogen and oxygen atoms in total. The van der Waals surface area contributed by atoms with Crippen molar-refractivity contribution in [2.75, 3.05) is 18.4 Å². The van der Waals surface area contributed by atoms with E-state index in [4.69, 9.17) is 5.21 Å². The molecule has 28 heavy (non-hydrogen) atoms. The number of hydrogen-bond acceptors (Lipinski definition) is 5. The lowest BCUT2D eigenvalue weighted by Gasteiger charge is -2.39. The van der Waals surface area contributed by atoms with E-state index in [-0.39, 0.29) is 30.4 Å². The van der Waals surface area contributed by atoms with Gasteiger partial charge in [-0.3, -0.25) is 10.0 Å². The van der Waals surface area contributed by atoms with Gasteiger partial charge in [-0.15, -0.1) is 24.8 Å². The molecule has 0 aliphatic carbocycles. The molecule has 1 fully saturated rings. The molecule has 2 aromatic rings. The van der Waals surface area contributed by atoms with E-state index in [1.54, 1.807) is 17.8 Å². The van der Waals surface area contributed by atoms with E-state index in [0.29, 0.717) is 0 Å². The Labute approximate surface area is 177 Å². The van der Waals surface area contributed by atoms with Crippen molar-refractivity contribution in [1.29, 1.82) is 0 Å². The predicted molar refractivity (Wildman–Crippen MR) is 116 cm³/mol. The van der Waals surface area contributed by atoms with Gasteiger partial charge in [-0.25, -0.2) is 10.5 Å². The number of halogens is 2. The number of pyridine rings is 1. The largest absolute Gasteiger partial charge is 0.363 e. The molecular weight excluding hydrogens is 399 g/mol. The van der Waals surface area contributed by atoms with Crippen molar-refractivity contribution in [3.8, 4) is 0 Å². The van der Waals surface area contributed by atoms with Crippen LogP contribution in [0.25, 0.3) is 6.08 Å². The van der Waals surface area contributed by atoms with E-state index in [1.165, 1.54) is 11.6 Å². The number of hydroxylamine groups is 1. The van der Waals surface area contributed by atoms with Crippen molar-refractivity contribution in [3.05, 3.63) is 65.9 Å². The van der Waals surface area contributed by atoms with Gasteiger partial charge < -0.3 is 10.6 Å². The molecule has 2 heterocycles. The number of anilines is 1. The smallest absolute Gasteiger partial charge is 0.267 e. The number of benzene rings is 1. The second kappa shape index (κ2) is 11.7. The summed E-state index contributed by atoms with van der Waals surface area (Å²) < 4.78 is 0. The average molecular weight is 425 g/mol. The van der Waals surface area contributed by atoms with Crippen LogP contribution in [0, 0.1) is 0 Å². The van der Waals surface area contributed by atoms with E-state index in [2.05, 4.69) is 39.9 Å². The van der Waals surface area contributed by atoms with Gasteiger partial charge in [0, 0.05) is 18.8 Å². The second-order valence-electron chi connectivity index (χ2n) is 6.63. The molecule has 1 atom stereocenters. The molecule has 1 saturated heterocycles. The Morgan fingerprint density at radius 1 is 1.21 bits per heavy atom. The Morgan fingerprint density at radius 3 is 2.61 bits per heavy atom. The van der Waals surface area contributed by atoms with Crippen LogP contribution >= 0.6 is 24.8 Å². The third kappa shape index (κ3) is 6.80. The number of piperidine rings is 1. The summed E-state index contributed by atoms with van der Waals surface area (Å²) in [7, 11) is 0. The average Bonchev–Trinajstić information content (AvgIpc) is 2.68. The maximum absolute atomic E-state index is 11.0. The minimum Gasteiger partial charge on any atom is -0.363 e. The topological polar surface area (TPSA) is 86.3 Å². The lowest BCUT2D eigenvalue weighted by atomic mass is 9.84. The molecule has 0 bridgehead atoms. The zero-order valence-electron chi connectivity index (χ0n) is 15.4. The van der Waals surface area contributed by atoms with Gasteiger partial charge in [0.15, 0.2) is 0 Å². The van der Waals surface area contributed by atoms with Crippen molar-refractivity contribution < 1.29 is 10.0 Å². The van der Waals surface area contributed by atoms with Gasteiger partial charge >= 0.3 is 0 Å². The van der Waals surface area contributed by atoms with Gasteiger partial charge in [0.2, 0.25) is 0 Å². The third-order valence-corrected chi connectivity index (χ3v) is 4.57. The molecule has 0 radical (unpaired) electrons. The minimum absolute atomic E-state index is 0. The van der Waals surface area contributed by atoms with E-state index in [9.17, 15) is 4.79 Å². The summed E-state index contributed by atoms with van der Waals surface area (Å²) in [5.74, 6) is 0.246. The molecule has 0 spiro atoms. The summed E-state index contributed by atoms with van der Waals surface area (Å²) in [6, 6.07) is 14.3. The quantitative estimate of drug-likeness (QED) is 0.325. The summed E-state index contributed by atoms with van der Waals surface area (Å²) in [5, 5.41) is 15.6. The third-order valence-electron chi connectivity index (χ3n) is 4.57. The fourth-order valence-electron chi connectivity index (χ4n) is 3.31.